The zero-order valence-corrected chi connectivity index (χ0v) is 10.0. The highest BCUT2D eigenvalue weighted by molar-refractivity contribution is 7.11. The van der Waals surface area contributed by atoms with Crippen molar-refractivity contribution in [3.63, 3.8) is 0 Å². The van der Waals surface area contributed by atoms with Gasteiger partial charge in [-0.3, -0.25) is 4.79 Å². The summed E-state index contributed by atoms with van der Waals surface area (Å²) in [5.74, 6) is -0.195. The third-order valence-electron chi connectivity index (χ3n) is 2.99. The van der Waals surface area contributed by atoms with E-state index in [0.29, 0.717) is 12.3 Å². The molecule has 1 aromatic heterocycles. The van der Waals surface area contributed by atoms with Crippen LogP contribution in [0.5, 0.6) is 0 Å². The molecule has 1 aromatic rings. The summed E-state index contributed by atoms with van der Waals surface area (Å²) < 4.78 is 0. The molecule has 0 aliphatic heterocycles. The van der Waals surface area contributed by atoms with Crippen LogP contribution < -0.4 is 0 Å². The Kier molecular flexibility index (Phi) is 3.88. The molecule has 88 valence electrons. The van der Waals surface area contributed by atoms with Gasteiger partial charge in [0, 0.05) is 12.3 Å². The minimum Gasteiger partial charge on any atom is -0.481 e. The van der Waals surface area contributed by atoms with Crippen LogP contribution in [0.2, 0.25) is 0 Å². The Hall–Kier alpha value is -0.970. The van der Waals surface area contributed by atoms with Gasteiger partial charge in [-0.2, -0.15) is 0 Å². The molecular weight excluding hydrogens is 224 g/mol. The Morgan fingerprint density at radius 2 is 2.06 bits per heavy atom. The van der Waals surface area contributed by atoms with Gasteiger partial charge in [-0.05, 0) is 12.8 Å². The molecule has 0 spiro atoms. The fourth-order valence-corrected chi connectivity index (χ4v) is 3.11. The number of rotatable bonds is 4. The van der Waals surface area contributed by atoms with Crippen LogP contribution >= 0.6 is 11.3 Å². The summed E-state index contributed by atoms with van der Waals surface area (Å²) in [6.45, 7) is 0. The van der Waals surface area contributed by atoms with E-state index in [1.807, 2.05) is 0 Å². The highest BCUT2D eigenvalue weighted by Crippen LogP contribution is 2.34. The van der Waals surface area contributed by atoms with Crippen LogP contribution in [0.4, 0.5) is 0 Å². The van der Waals surface area contributed by atoms with Crippen LogP contribution in [0.15, 0.2) is 0 Å². The molecule has 0 atom stereocenters. The quantitative estimate of drug-likeness (QED) is 0.878. The summed E-state index contributed by atoms with van der Waals surface area (Å²) in [7, 11) is 0. The van der Waals surface area contributed by atoms with E-state index in [4.69, 9.17) is 5.11 Å². The van der Waals surface area contributed by atoms with Gasteiger partial charge >= 0.3 is 5.97 Å². The molecule has 1 aliphatic carbocycles. The standard InChI is InChI=1S/C11H16N2O2S/c14-10(15)7-6-9-12-13-11(16-9)8-4-2-1-3-5-8/h8H,1-7H2,(H,14,15). The van der Waals surface area contributed by atoms with Crippen LogP contribution in [-0.4, -0.2) is 21.3 Å². The lowest BCUT2D eigenvalue weighted by Gasteiger charge is -2.18. The van der Waals surface area contributed by atoms with E-state index >= 15 is 0 Å². The predicted octanol–water partition coefficient (Wildman–Crippen LogP) is 2.60. The van der Waals surface area contributed by atoms with Gasteiger partial charge < -0.3 is 5.11 Å². The summed E-state index contributed by atoms with van der Waals surface area (Å²) in [5.41, 5.74) is 0. The minimum atomic E-state index is -0.769. The van der Waals surface area contributed by atoms with E-state index in [2.05, 4.69) is 10.2 Å². The number of carboxylic acids is 1. The van der Waals surface area contributed by atoms with Crippen molar-refractivity contribution < 1.29 is 9.90 Å². The zero-order valence-electron chi connectivity index (χ0n) is 9.19. The second-order valence-electron chi connectivity index (χ2n) is 4.26. The molecule has 1 fully saturated rings. The monoisotopic (exact) mass is 240 g/mol. The summed E-state index contributed by atoms with van der Waals surface area (Å²) >= 11 is 1.60. The second-order valence-corrected chi connectivity index (χ2v) is 5.36. The highest BCUT2D eigenvalue weighted by atomic mass is 32.1. The number of hydrogen-bond donors (Lipinski definition) is 1. The third-order valence-corrected chi connectivity index (χ3v) is 4.14. The summed E-state index contributed by atoms with van der Waals surface area (Å²) in [6, 6.07) is 0. The fraction of sp³-hybridized carbons (Fsp3) is 0.727. The van der Waals surface area contributed by atoms with Gasteiger partial charge in [0.25, 0.3) is 0 Å². The topological polar surface area (TPSA) is 63.1 Å². The largest absolute Gasteiger partial charge is 0.481 e. The van der Waals surface area contributed by atoms with Crippen molar-refractivity contribution in [3.05, 3.63) is 10.0 Å². The van der Waals surface area contributed by atoms with Crippen molar-refractivity contribution in [2.24, 2.45) is 0 Å². The Labute approximate surface area is 98.7 Å². The fourth-order valence-electron chi connectivity index (χ4n) is 2.10. The Morgan fingerprint density at radius 1 is 1.31 bits per heavy atom. The Bertz CT molecular complexity index is 359. The van der Waals surface area contributed by atoms with Crippen molar-refractivity contribution in [2.45, 2.75) is 50.9 Å². The molecule has 4 nitrogen and oxygen atoms in total. The first-order valence-electron chi connectivity index (χ1n) is 5.80. The summed E-state index contributed by atoms with van der Waals surface area (Å²) in [5, 5.41) is 18.8. The van der Waals surface area contributed by atoms with Gasteiger partial charge in [0.1, 0.15) is 10.0 Å². The van der Waals surface area contributed by atoms with Gasteiger partial charge in [0.2, 0.25) is 0 Å². The first kappa shape index (κ1) is 11.5. The number of aliphatic carboxylic acids is 1. The average Bonchev–Trinajstić information content (AvgIpc) is 2.76. The number of aryl methyl sites for hydroxylation is 1. The van der Waals surface area contributed by atoms with E-state index < -0.39 is 5.97 Å². The lowest BCUT2D eigenvalue weighted by Crippen LogP contribution is -2.03. The molecule has 0 aromatic carbocycles. The van der Waals surface area contributed by atoms with Crippen LogP contribution in [0.3, 0.4) is 0 Å². The van der Waals surface area contributed by atoms with E-state index in [-0.39, 0.29) is 6.42 Å². The molecule has 1 heterocycles. The van der Waals surface area contributed by atoms with Crippen LogP contribution in [0.25, 0.3) is 0 Å². The summed E-state index contributed by atoms with van der Waals surface area (Å²) in [4.78, 5) is 10.4. The number of nitrogens with zero attached hydrogens (tertiary/aromatic N) is 2. The molecule has 0 radical (unpaired) electrons. The van der Waals surface area contributed by atoms with E-state index in [0.717, 1.165) is 10.0 Å². The van der Waals surface area contributed by atoms with Gasteiger partial charge in [0.15, 0.2) is 0 Å². The third kappa shape index (κ3) is 3.01. The smallest absolute Gasteiger partial charge is 0.303 e. The van der Waals surface area contributed by atoms with Crippen molar-refractivity contribution >= 4 is 17.3 Å². The molecule has 0 amide bonds. The molecule has 2 rings (SSSR count). The normalized spacial score (nSPS) is 17.5. The number of carbonyl (C=O) groups is 1. The average molecular weight is 240 g/mol. The number of carboxylic acid groups (broad SMARTS) is 1. The SMILES string of the molecule is O=C(O)CCc1nnc(C2CCCCC2)s1. The summed E-state index contributed by atoms with van der Waals surface area (Å²) in [6.07, 6.45) is 7.00. The Morgan fingerprint density at radius 3 is 2.75 bits per heavy atom. The lowest BCUT2D eigenvalue weighted by atomic mass is 9.90. The van der Waals surface area contributed by atoms with Crippen molar-refractivity contribution in [1.82, 2.24) is 10.2 Å². The van der Waals surface area contributed by atoms with Crippen LogP contribution in [0, 0.1) is 0 Å². The molecule has 0 bridgehead atoms. The predicted molar refractivity (Wildman–Crippen MR) is 61.7 cm³/mol. The second kappa shape index (κ2) is 5.39. The molecule has 1 N–H and O–H groups in total. The molecular formula is C11H16N2O2S. The molecule has 1 aliphatic rings. The van der Waals surface area contributed by atoms with Crippen LogP contribution in [-0.2, 0) is 11.2 Å². The van der Waals surface area contributed by atoms with E-state index in [9.17, 15) is 4.79 Å². The molecule has 5 heteroatoms. The highest BCUT2D eigenvalue weighted by Gasteiger charge is 2.19. The van der Waals surface area contributed by atoms with Gasteiger partial charge in [-0.25, -0.2) is 0 Å². The molecule has 0 saturated heterocycles. The number of aromatic nitrogens is 2. The maximum Gasteiger partial charge on any atom is 0.303 e. The first-order valence-corrected chi connectivity index (χ1v) is 6.61. The number of hydrogen-bond acceptors (Lipinski definition) is 4. The maximum atomic E-state index is 10.4. The minimum absolute atomic E-state index is 0.152. The van der Waals surface area contributed by atoms with E-state index in [1.165, 1.54) is 32.1 Å². The van der Waals surface area contributed by atoms with Gasteiger partial charge in [-0.15, -0.1) is 21.5 Å². The molecule has 0 unspecified atom stereocenters. The molecule has 1 saturated carbocycles. The van der Waals surface area contributed by atoms with Gasteiger partial charge in [0.05, 0.1) is 6.42 Å². The van der Waals surface area contributed by atoms with E-state index in [1.54, 1.807) is 11.3 Å². The van der Waals surface area contributed by atoms with Crippen molar-refractivity contribution in [2.75, 3.05) is 0 Å². The lowest BCUT2D eigenvalue weighted by molar-refractivity contribution is -0.136. The van der Waals surface area contributed by atoms with Gasteiger partial charge in [-0.1, -0.05) is 19.3 Å². The van der Waals surface area contributed by atoms with Crippen molar-refractivity contribution in [1.29, 1.82) is 0 Å². The maximum absolute atomic E-state index is 10.4. The van der Waals surface area contributed by atoms with Crippen molar-refractivity contribution in [3.8, 4) is 0 Å². The zero-order chi connectivity index (χ0) is 11.4. The Balaban J connectivity index is 1.93. The molecule has 16 heavy (non-hydrogen) atoms. The first-order chi connectivity index (χ1) is 7.75. The van der Waals surface area contributed by atoms with Crippen LogP contribution in [0.1, 0.15) is 54.5 Å².